The first-order valence-electron chi connectivity index (χ1n) is 5.78. The Hall–Kier alpha value is -1.05. The van der Waals surface area contributed by atoms with Crippen LogP contribution in [0.2, 0.25) is 0 Å². The number of aliphatic hydroxyl groups is 1. The summed E-state index contributed by atoms with van der Waals surface area (Å²) in [6.07, 6.45) is 4.59. The van der Waals surface area contributed by atoms with Crippen LogP contribution in [0.25, 0.3) is 0 Å². The molecule has 7 heteroatoms. The van der Waals surface area contributed by atoms with Gasteiger partial charge in [-0.3, -0.25) is 4.79 Å². The number of carbonyl (C=O) groups is 1. The molecule has 1 atom stereocenters. The lowest BCUT2D eigenvalue weighted by Crippen LogP contribution is -2.25. The Morgan fingerprint density at radius 2 is 2.50 bits per heavy atom. The summed E-state index contributed by atoms with van der Waals surface area (Å²) >= 11 is 1.70. The second-order valence-corrected chi connectivity index (χ2v) is 4.78. The highest BCUT2D eigenvalue weighted by Gasteiger charge is 2.16. The molecule has 0 spiro atoms. The summed E-state index contributed by atoms with van der Waals surface area (Å²) in [5, 5.41) is 11.2. The Morgan fingerprint density at radius 3 is 3.17 bits per heavy atom. The van der Waals surface area contributed by atoms with Gasteiger partial charge >= 0.3 is 0 Å². The van der Waals surface area contributed by atoms with E-state index in [-0.39, 0.29) is 24.2 Å². The second kappa shape index (κ2) is 8.12. The molecule has 0 saturated heterocycles. The maximum Gasteiger partial charge on any atom is 0.273 e. The molecule has 1 unspecified atom stereocenters. The van der Waals surface area contributed by atoms with E-state index in [0.29, 0.717) is 18.9 Å². The van der Waals surface area contributed by atoms with E-state index >= 15 is 0 Å². The molecule has 18 heavy (non-hydrogen) atoms. The summed E-state index contributed by atoms with van der Waals surface area (Å²) in [6.45, 7) is 0.458. The minimum Gasteiger partial charge on any atom is -0.446 e. The maximum absolute atomic E-state index is 11.6. The number of rotatable bonds is 8. The molecule has 0 aliphatic rings. The number of nitrogens with one attached hydrogen (secondary N) is 1. The zero-order valence-electron chi connectivity index (χ0n) is 10.4. The number of nitrogens with two attached hydrogens (primary N) is 1. The number of carbonyl (C=O) groups excluding carboxylic acids is 1. The molecular formula is C11H19N3O3S. The van der Waals surface area contributed by atoms with Crippen LogP contribution in [0.15, 0.2) is 10.7 Å². The normalized spacial score (nSPS) is 12.4. The molecule has 102 valence electrons. The van der Waals surface area contributed by atoms with E-state index in [2.05, 4.69) is 10.3 Å². The molecule has 1 heterocycles. The number of oxazole rings is 1. The molecule has 0 aliphatic heterocycles. The number of hydrogen-bond acceptors (Lipinski definition) is 6. The van der Waals surface area contributed by atoms with Crippen molar-refractivity contribution >= 4 is 17.7 Å². The molecule has 0 aliphatic carbocycles. The highest BCUT2D eigenvalue weighted by Crippen LogP contribution is 2.15. The van der Waals surface area contributed by atoms with Gasteiger partial charge in [0.1, 0.15) is 6.26 Å². The van der Waals surface area contributed by atoms with Crippen LogP contribution in [0.5, 0.6) is 0 Å². The molecule has 4 N–H and O–H groups in total. The number of aromatic nitrogens is 1. The van der Waals surface area contributed by atoms with E-state index in [1.807, 2.05) is 6.26 Å². The van der Waals surface area contributed by atoms with Crippen LogP contribution in [-0.4, -0.2) is 41.2 Å². The van der Waals surface area contributed by atoms with E-state index in [1.54, 1.807) is 11.8 Å². The third kappa shape index (κ3) is 4.67. The lowest BCUT2D eigenvalue weighted by Gasteiger charge is -2.04. The number of nitrogens with zero attached hydrogens (tertiary/aromatic N) is 1. The van der Waals surface area contributed by atoms with Crippen LogP contribution in [0.1, 0.15) is 35.3 Å². The quantitative estimate of drug-likeness (QED) is 0.598. The fourth-order valence-electron chi connectivity index (χ4n) is 1.30. The first kappa shape index (κ1) is 15.0. The van der Waals surface area contributed by atoms with E-state index in [1.165, 1.54) is 6.26 Å². The minimum atomic E-state index is -0.310. The number of amides is 1. The summed E-state index contributed by atoms with van der Waals surface area (Å²) in [4.78, 5) is 15.7. The van der Waals surface area contributed by atoms with Gasteiger partial charge in [-0.05, 0) is 24.9 Å². The molecular weight excluding hydrogens is 254 g/mol. The van der Waals surface area contributed by atoms with Gasteiger partial charge in [-0.25, -0.2) is 4.98 Å². The molecule has 0 aromatic carbocycles. The van der Waals surface area contributed by atoms with Crippen LogP contribution in [0.3, 0.4) is 0 Å². The van der Waals surface area contributed by atoms with Gasteiger partial charge in [0.25, 0.3) is 5.91 Å². The first-order valence-corrected chi connectivity index (χ1v) is 7.17. The van der Waals surface area contributed by atoms with Crippen molar-refractivity contribution in [2.75, 3.05) is 25.2 Å². The van der Waals surface area contributed by atoms with Crippen LogP contribution in [0, 0.1) is 0 Å². The molecule has 0 saturated carbocycles. The van der Waals surface area contributed by atoms with Crippen molar-refractivity contribution in [1.82, 2.24) is 10.3 Å². The van der Waals surface area contributed by atoms with E-state index in [0.717, 1.165) is 12.2 Å². The third-order valence-corrected chi connectivity index (χ3v) is 2.97. The Balaban J connectivity index is 2.48. The largest absolute Gasteiger partial charge is 0.446 e. The topological polar surface area (TPSA) is 101 Å². The Bertz CT molecular complexity index is 370. The van der Waals surface area contributed by atoms with Gasteiger partial charge in [0.15, 0.2) is 5.69 Å². The molecule has 1 rings (SSSR count). The first-order chi connectivity index (χ1) is 8.69. The van der Waals surface area contributed by atoms with Crippen molar-refractivity contribution in [3.8, 4) is 0 Å². The highest BCUT2D eigenvalue weighted by atomic mass is 32.2. The van der Waals surface area contributed by atoms with Crippen LogP contribution < -0.4 is 11.1 Å². The highest BCUT2D eigenvalue weighted by molar-refractivity contribution is 7.98. The Morgan fingerprint density at radius 1 is 1.72 bits per heavy atom. The van der Waals surface area contributed by atoms with Crippen LogP contribution >= 0.6 is 11.8 Å². The predicted octanol–water partition coefficient (Wildman–Crippen LogP) is 0.540. The SMILES string of the molecule is CSCCC(N)c1nc(C(=O)NCCCO)co1. The third-order valence-electron chi connectivity index (χ3n) is 2.33. The van der Waals surface area contributed by atoms with E-state index < -0.39 is 0 Å². The number of aliphatic hydroxyl groups excluding tert-OH is 1. The average Bonchev–Trinajstić information content (AvgIpc) is 2.85. The zero-order valence-corrected chi connectivity index (χ0v) is 11.2. The standard InChI is InChI=1S/C11H19N3O3S/c1-18-6-3-8(12)11-14-9(7-17-11)10(16)13-4-2-5-15/h7-8,15H,2-6,12H2,1H3,(H,13,16). The smallest absolute Gasteiger partial charge is 0.273 e. The summed E-state index contributed by atoms with van der Waals surface area (Å²) in [6, 6.07) is -0.281. The van der Waals surface area contributed by atoms with Crippen molar-refractivity contribution in [1.29, 1.82) is 0 Å². The lowest BCUT2D eigenvalue weighted by molar-refractivity contribution is 0.0946. The molecule has 1 aromatic heterocycles. The molecule has 6 nitrogen and oxygen atoms in total. The van der Waals surface area contributed by atoms with Gasteiger partial charge < -0.3 is 20.6 Å². The van der Waals surface area contributed by atoms with Crippen molar-refractivity contribution < 1.29 is 14.3 Å². The molecule has 0 fully saturated rings. The second-order valence-electron chi connectivity index (χ2n) is 3.79. The maximum atomic E-state index is 11.6. The molecule has 0 bridgehead atoms. The monoisotopic (exact) mass is 273 g/mol. The Kier molecular flexibility index (Phi) is 6.77. The van der Waals surface area contributed by atoms with Crippen molar-refractivity contribution in [2.24, 2.45) is 5.73 Å². The van der Waals surface area contributed by atoms with Gasteiger partial charge in [-0.2, -0.15) is 11.8 Å². The fourth-order valence-corrected chi connectivity index (χ4v) is 1.79. The van der Waals surface area contributed by atoms with Gasteiger partial charge in [0.2, 0.25) is 5.89 Å². The van der Waals surface area contributed by atoms with E-state index in [4.69, 9.17) is 15.3 Å². The van der Waals surface area contributed by atoms with Gasteiger partial charge in [-0.15, -0.1) is 0 Å². The summed E-state index contributed by atoms with van der Waals surface area (Å²) < 4.78 is 5.20. The zero-order chi connectivity index (χ0) is 13.4. The van der Waals surface area contributed by atoms with Crippen LogP contribution in [0.4, 0.5) is 0 Å². The Labute approximate surface area is 110 Å². The van der Waals surface area contributed by atoms with Gasteiger partial charge in [0.05, 0.1) is 6.04 Å². The molecule has 1 aromatic rings. The number of hydrogen-bond donors (Lipinski definition) is 3. The lowest BCUT2D eigenvalue weighted by atomic mass is 10.2. The van der Waals surface area contributed by atoms with Crippen molar-refractivity contribution in [2.45, 2.75) is 18.9 Å². The summed E-state index contributed by atoms with van der Waals surface area (Å²) in [5.74, 6) is 0.994. The molecule has 0 radical (unpaired) electrons. The number of thioether (sulfide) groups is 1. The average molecular weight is 273 g/mol. The predicted molar refractivity (Wildman–Crippen MR) is 70.5 cm³/mol. The van der Waals surface area contributed by atoms with E-state index in [9.17, 15) is 4.79 Å². The fraction of sp³-hybridized carbons (Fsp3) is 0.636. The van der Waals surface area contributed by atoms with Crippen molar-refractivity contribution in [3.05, 3.63) is 17.8 Å². The van der Waals surface area contributed by atoms with Crippen LogP contribution in [-0.2, 0) is 0 Å². The summed E-state index contributed by atoms with van der Waals surface area (Å²) in [7, 11) is 0. The molecule has 1 amide bonds. The van der Waals surface area contributed by atoms with Crippen molar-refractivity contribution in [3.63, 3.8) is 0 Å². The van der Waals surface area contributed by atoms with Gasteiger partial charge in [0, 0.05) is 13.2 Å². The minimum absolute atomic E-state index is 0.0455. The van der Waals surface area contributed by atoms with Gasteiger partial charge in [-0.1, -0.05) is 0 Å². The summed E-state index contributed by atoms with van der Waals surface area (Å²) in [5.41, 5.74) is 6.11.